The fourth-order valence-electron chi connectivity index (χ4n) is 2.41. The molecule has 0 fully saturated rings. The van der Waals surface area contributed by atoms with Crippen molar-refractivity contribution in [2.24, 2.45) is 0 Å². The number of rotatable bonds is 3. The lowest BCUT2D eigenvalue weighted by molar-refractivity contribution is 0.762. The molecule has 112 valence electrons. The van der Waals surface area contributed by atoms with E-state index in [9.17, 15) is 9.59 Å². The number of nitrogens with one attached hydrogen (secondary N) is 2. The van der Waals surface area contributed by atoms with Crippen LogP contribution in [0.4, 0.5) is 0 Å². The molecule has 0 aliphatic rings. The highest BCUT2D eigenvalue weighted by atomic mass is 16.1. The summed E-state index contributed by atoms with van der Waals surface area (Å²) >= 11 is 0. The second-order valence-electron chi connectivity index (χ2n) is 5.23. The van der Waals surface area contributed by atoms with E-state index in [0.717, 1.165) is 11.3 Å². The molecule has 0 saturated heterocycles. The Balaban J connectivity index is 2.07. The lowest BCUT2D eigenvalue weighted by atomic mass is 10.1. The molecule has 0 aliphatic carbocycles. The van der Waals surface area contributed by atoms with Crippen LogP contribution in [0.1, 0.15) is 22.5 Å². The molecule has 3 aromatic rings. The van der Waals surface area contributed by atoms with E-state index in [-0.39, 0.29) is 17.1 Å². The predicted octanol–water partition coefficient (Wildman–Crippen LogP) is 1.46. The molecular formula is C16H16N4O2. The maximum atomic E-state index is 12.6. The monoisotopic (exact) mass is 296 g/mol. The van der Waals surface area contributed by atoms with E-state index in [1.54, 1.807) is 6.92 Å². The molecule has 2 heterocycles. The van der Waals surface area contributed by atoms with Gasteiger partial charge in [-0.1, -0.05) is 30.3 Å². The smallest absolute Gasteiger partial charge is 0.277 e. The molecular weight excluding hydrogens is 280 g/mol. The van der Waals surface area contributed by atoms with Gasteiger partial charge in [-0.25, -0.2) is 4.98 Å². The highest BCUT2D eigenvalue weighted by molar-refractivity contribution is 5.29. The zero-order valence-corrected chi connectivity index (χ0v) is 12.4. The summed E-state index contributed by atoms with van der Waals surface area (Å²) in [6, 6.07) is 11.2. The zero-order chi connectivity index (χ0) is 15.7. The van der Waals surface area contributed by atoms with Crippen molar-refractivity contribution in [3.8, 4) is 5.95 Å². The van der Waals surface area contributed by atoms with Crippen molar-refractivity contribution in [3.05, 3.63) is 79.6 Å². The van der Waals surface area contributed by atoms with Gasteiger partial charge in [-0.2, -0.15) is 4.68 Å². The molecule has 2 aromatic heterocycles. The Morgan fingerprint density at radius 1 is 1.14 bits per heavy atom. The molecule has 6 heteroatoms. The van der Waals surface area contributed by atoms with Gasteiger partial charge in [-0.05, 0) is 19.4 Å². The maximum absolute atomic E-state index is 12.6. The van der Waals surface area contributed by atoms with Crippen LogP contribution in [0.3, 0.4) is 0 Å². The first kappa shape index (κ1) is 14.1. The van der Waals surface area contributed by atoms with Gasteiger partial charge >= 0.3 is 0 Å². The van der Waals surface area contributed by atoms with Crippen LogP contribution in [0, 0.1) is 13.8 Å². The van der Waals surface area contributed by atoms with Crippen LogP contribution in [0.2, 0.25) is 0 Å². The summed E-state index contributed by atoms with van der Waals surface area (Å²) in [6.45, 7) is 3.55. The van der Waals surface area contributed by atoms with Crippen LogP contribution in [-0.4, -0.2) is 19.7 Å². The van der Waals surface area contributed by atoms with Crippen molar-refractivity contribution >= 4 is 0 Å². The second kappa shape index (κ2) is 5.48. The topological polar surface area (TPSA) is 83.5 Å². The molecule has 6 nitrogen and oxygen atoms in total. The summed E-state index contributed by atoms with van der Waals surface area (Å²) in [6.07, 6.45) is 0.533. The van der Waals surface area contributed by atoms with Gasteiger partial charge in [0.1, 0.15) is 0 Å². The first-order valence-electron chi connectivity index (χ1n) is 6.97. The Hall–Kier alpha value is -2.89. The second-order valence-corrected chi connectivity index (χ2v) is 5.23. The maximum Gasteiger partial charge on any atom is 0.277 e. The van der Waals surface area contributed by atoms with Gasteiger partial charge in [0.05, 0.1) is 0 Å². The van der Waals surface area contributed by atoms with Gasteiger partial charge in [0.25, 0.3) is 11.1 Å². The number of nitrogens with zero attached hydrogens (tertiary/aromatic N) is 2. The zero-order valence-electron chi connectivity index (χ0n) is 12.4. The largest absolute Gasteiger partial charge is 0.292 e. The number of aryl methyl sites for hydroxylation is 2. The highest BCUT2D eigenvalue weighted by Crippen LogP contribution is 2.09. The molecule has 1 aromatic carbocycles. The molecule has 0 unspecified atom stereocenters. The summed E-state index contributed by atoms with van der Waals surface area (Å²) < 4.78 is 1.28. The number of H-pyrrole nitrogens is 2. The summed E-state index contributed by atoms with van der Waals surface area (Å²) in [5, 5.41) is 2.98. The van der Waals surface area contributed by atoms with Crippen molar-refractivity contribution in [1.29, 1.82) is 0 Å². The molecule has 0 aliphatic heterocycles. The van der Waals surface area contributed by atoms with Crippen molar-refractivity contribution < 1.29 is 0 Å². The van der Waals surface area contributed by atoms with E-state index in [1.807, 2.05) is 37.3 Å². The van der Waals surface area contributed by atoms with E-state index in [0.29, 0.717) is 17.7 Å². The van der Waals surface area contributed by atoms with E-state index in [4.69, 9.17) is 0 Å². The molecule has 2 N–H and O–H groups in total. The van der Waals surface area contributed by atoms with Gasteiger partial charge in [0.2, 0.25) is 5.95 Å². The minimum absolute atomic E-state index is 0.199. The standard InChI is InChI=1S/C16H16N4O2/c1-10-8-14(21)18-16(17-10)20-15(22)13(11(2)19-20)9-12-6-4-3-5-7-12/h3-8,19H,9H2,1-2H3,(H,17,18,21). The number of aromatic amines is 2. The summed E-state index contributed by atoms with van der Waals surface area (Å²) in [4.78, 5) is 30.9. The first-order valence-corrected chi connectivity index (χ1v) is 6.97. The average Bonchev–Trinajstić information content (AvgIpc) is 2.75. The molecule has 0 spiro atoms. The van der Waals surface area contributed by atoms with Gasteiger partial charge in [0, 0.05) is 29.4 Å². The lowest BCUT2D eigenvalue weighted by Gasteiger charge is -2.00. The van der Waals surface area contributed by atoms with Crippen LogP contribution in [0.25, 0.3) is 5.95 Å². The highest BCUT2D eigenvalue weighted by Gasteiger charge is 2.14. The SMILES string of the molecule is Cc1cc(=O)[nH]c(-n2[nH]c(C)c(Cc3ccccc3)c2=O)n1. The van der Waals surface area contributed by atoms with E-state index in [1.165, 1.54) is 10.7 Å². The van der Waals surface area contributed by atoms with Crippen LogP contribution < -0.4 is 11.1 Å². The van der Waals surface area contributed by atoms with Crippen LogP contribution >= 0.6 is 0 Å². The van der Waals surface area contributed by atoms with E-state index in [2.05, 4.69) is 15.1 Å². The first-order chi connectivity index (χ1) is 10.5. The Morgan fingerprint density at radius 2 is 1.86 bits per heavy atom. The average molecular weight is 296 g/mol. The minimum Gasteiger partial charge on any atom is -0.292 e. The van der Waals surface area contributed by atoms with Crippen molar-refractivity contribution in [2.75, 3.05) is 0 Å². The van der Waals surface area contributed by atoms with Crippen LogP contribution in [0.5, 0.6) is 0 Å². The van der Waals surface area contributed by atoms with Crippen molar-refractivity contribution in [2.45, 2.75) is 20.3 Å². The van der Waals surface area contributed by atoms with Gasteiger partial charge in [0.15, 0.2) is 0 Å². The Labute approximate surface area is 126 Å². The van der Waals surface area contributed by atoms with E-state index < -0.39 is 0 Å². The summed E-state index contributed by atoms with van der Waals surface area (Å²) in [7, 11) is 0. The molecule has 3 rings (SSSR count). The number of benzene rings is 1. The summed E-state index contributed by atoms with van der Waals surface area (Å²) in [5.74, 6) is 0.206. The summed E-state index contributed by atoms with van der Waals surface area (Å²) in [5.41, 5.74) is 2.55. The predicted molar refractivity (Wildman–Crippen MR) is 83.5 cm³/mol. The molecule has 0 bridgehead atoms. The van der Waals surface area contributed by atoms with Crippen LogP contribution in [-0.2, 0) is 6.42 Å². The number of hydrogen-bond acceptors (Lipinski definition) is 3. The Kier molecular flexibility index (Phi) is 3.50. The quantitative estimate of drug-likeness (QED) is 0.767. The normalized spacial score (nSPS) is 10.8. The minimum atomic E-state index is -0.286. The van der Waals surface area contributed by atoms with Gasteiger partial charge in [-0.15, -0.1) is 0 Å². The lowest BCUT2D eigenvalue weighted by Crippen LogP contribution is -2.23. The molecule has 22 heavy (non-hydrogen) atoms. The molecule has 0 radical (unpaired) electrons. The van der Waals surface area contributed by atoms with E-state index >= 15 is 0 Å². The third-order valence-electron chi connectivity index (χ3n) is 3.49. The number of aromatic nitrogens is 4. The van der Waals surface area contributed by atoms with Crippen molar-refractivity contribution in [3.63, 3.8) is 0 Å². The Bertz CT molecular complexity index is 919. The van der Waals surface area contributed by atoms with Crippen molar-refractivity contribution in [1.82, 2.24) is 19.7 Å². The fraction of sp³-hybridized carbons (Fsp3) is 0.188. The Morgan fingerprint density at radius 3 is 2.55 bits per heavy atom. The number of hydrogen-bond donors (Lipinski definition) is 2. The molecule has 0 saturated carbocycles. The molecule has 0 atom stereocenters. The molecule has 0 amide bonds. The van der Waals surface area contributed by atoms with Gasteiger partial charge in [-0.3, -0.25) is 19.7 Å². The third kappa shape index (κ3) is 2.63. The third-order valence-corrected chi connectivity index (χ3v) is 3.49. The van der Waals surface area contributed by atoms with Gasteiger partial charge < -0.3 is 0 Å². The fourth-order valence-corrected chi connectivity index (χ4v) is 2.41. The van der Waals surface area contributed by atoms with Crippen LogP contribution in [0.15, 0.2) is 46.0 Å².